The minimum absolute atomic E-state index is 0.187. The molecular weight excluding hydrogens is 263 g/mol. The molecule has 2 rings (SSSR count). The van der Waals surface area contributed by atoms with Crippen LogP contribution in [0.1, 0.15) is 49.2 Å². The molecule has 1 aromatic heterocycles. The van der Waals surface area contributed by atoms with Crippen LogP contribution in [0.5, 0.6) is 0 Å². The van der Waals surface area contributed by atoms with E-state index in [1.54, 1.807) is 0 Å². The second-order valence-corrected chi connectivity index (χ2v) is 5.40. The predicted octanol–water partition coefficient (Wildman–Crippen LogP) is 4.55. The molecule has 112 valence electrons. The zero-order chi connectivity index (χ0) is 15.1. The van der Waals surface area contributed by atoms with Gasteiger partial charge in [-0.15, -0.1) is 0 Å². The van der Waals surface area contributed by atoms with Gasteiger partial charge in [0.1, 0.15) is 5.82 Å². The lowest BCUT2D eigenvalue weighted by atomic mass is 10.0. The standard InChI is InChI=1S/C18H23FN2/c1-3-4-8-18(15-9-11-16(19)12-10-15)20-13-17-7-5-6-14(2)21-17/h5-7,9-12,18,20H,3-4,8,13H2,1-2H3. The molecule has 1 atom stereocenters. The molecule has 0 aliphatic heterocycles. The van der Waals surface area contributed by atoms with Gasteiger partial charge in [-0.3, -0.25) is 4.98 Å². The third-order valence-corrected chi connectivity index (χ3v) is 3.59. The summed E-state index contributed by atoms with van der Waals surface area (Å²) in [6.45, 7) is 4.91. The molecular formula is C18H23FN2. The predicted molar refractivity (Wildman–Crippen MR) is 84.5 cm³/mol. The maximum Gasteiger partial charge on any atom is 0.123 e. The molecule has 0 bridgehead atoms. The van der Waals surface area contributed by atoms with Gasteiger partial charge < -0.3 is 5.32 Å². The topological polar surface area (TPSA) is 24.9 Å². The normalized spacial score (nSPS) is 12.3. The summed E-state index contributed by atoms with van der Waals surface area (Å²) in [5, 5.41) is 3.55. The number of nitrogens with zero attached hydrogens (tertiary/aromatic N) is 1. The van der Waals surface area contributed by atoms with E-state index in [-0.39, 0.29) is 11.9 Å². The molecule has 21 heavy (non-hydrogen) atoms. The number of aryl methyl sites for hydroxylation is 1. The summed E-state index contributed by atoms with van der Waals surface area (Å²) >= 11 is 0. The Hall–Kier alpha value is -1.74. The van der Waals surface area contributed by atoms with Gasteiger partial charge in [0, 0.05) is 18.3 Å². The van der Waals surface area contributed by atoms with E-state index in [1.165, 1.54) is 12.1 Å². The maximum absolute atomic E-state index is 13.1. The Morgan fingerprint density at radius 1 is 1.14 bits per heavy atom. The summed E-state index contributed by atoms with van der Waals surface area (Å²) in [4.78, 5) is 4.51. The van der Waals surface area contributed by atoms with Crippen molar-refractivity contribution >= 4 is 0 Å². The summed E-state index contributed by atoms with van der Waals surface area (Å²) in [6, 6.07) is 13.1. The number of pyridine rings is 1. The van der Waals surface area contributed by atoms with Crippen molar-refractivity contribution in [3.05, 3.63) is 65.2 Å². The van der Waals surface area contributed by atoms with Crippen LogP contribution in [0.25, 0.3) is 0 Å². The molecule has 1 aromatic carbocycles. The van der Waals surface area contributed by atoms with E-state index in [1.807, 2.05) is 37.3 Å². The lowest BCUT2D eigenvalue weighted by Gasteiger charge is -2.19. The van der Waals surface area contributed by atoms with Gasteiger partial charge in [0.25, 0.3) is 0 Å². The number of halogens is 1. The maximum atomic E-state index is 13.1. The van der Waals surface area contributed by atoms with Crippen LogP contribution in [0.15, 0.2) is 42.5 Å². The van der Waals surface area contributed by atoms with E-state index in [0.29, 0.717) is 0 Å². The first-order valence-corrected chi connectivity index (χ1v) is 7.60. The average molecular weight is 286 g/mol. The van der Waals surface area contributed by atoms with Gasteiger partial charge in [-0.2, -0.15) is 0 Å². The van der Waals surface area contributed by atoms with Crippen LogP contribution in [0.3, 0.4) is 0 Å². The molecule has 0 spiro atoms. The zero-order valence-electron chi connectivity index (χ0n) is 12.8. The molecule has 1 unspecified atom stereocenters. The summed E-state index contributed by atoms with van der Waals surface area (Å²) in [6.07, 6.45) is 3.35. The summed E-state index contributed by atoms with van der Waals surface area (Å²) in [5.74, 6) is -0.187. The highest BCUT2D eigenvalue weighted by Gasteiger charge is 2.11. The molecule has 1 heterocycles. The Kier molecular flexibility index (Phi) is 5.88. The van der Waals surface area contributed by atoms with Gasteiger partial charge in [-0.05, 0) is 43.2 Å². The van der Waals surface area contributed by atoms with Crippen molar-refractivity contribution in [2.75, 3.05) is 0 Å². The summed E-state index contributed by atoms with van der Waals surface area (Å²) in [5.41, 5.74) is 3.21. The minimum atomic E-state index is -0.187. The fraction of sp³-hybridized carbons (Fsp3) is 0.389. The first-order chi connectivity index (χ1) is 10.2. The van der Waals surface area contributed by atoms with E-state index in [9.17, 15) is 4.39 Å². The molecule has 1 N–H and O–H groups in total. The van der Waals surface area contributed by atoms with Gasteiger partial charge in [0.05, 0.1) is 5.69 Å². The van der Waals surface area contributed by atoms with E-state index in [4.69, 9.17) is 0 Å². The van der Waals surface area contributed by atoms with Crippen LogP contribution in [-0.2, 0) is 6.54 Å². The molecule has 0 aliphatic rings. The van der Waals surface area contributed by atoms with Crippen LogP contribution in [0.4, 0.5) is 4.39 Å². The Balaban J connectivity index is 2.04. The largest absolute Gasteiger partial charge is 0.304 e. The molecule has 0 aliphatic carbocycles. The number of hydrogen-bond donors (Lipinski definition) is 1. The lowest BCUT2D eigenvalue weighted by Crippen LogP contribution is -2.21. The van der Waals surface area contributed by atoms with Crippen molar-refractivity contribution in [2.24, 2.45) is 0 Å². The Labute approximate surface area is 126 Å². The number of hydrogen-bond acceptors (Lipinski definition) is 2. The highest BCUT2D eigenvalue weighted by molar-refractivity contribution is 5.20. The van der Waals surface area contributed by atoms with E-state index in [0.717, 1.165) is 42.8 Å². The number of benzene rings is 1. The Morgan fingerprint density at radius 2 is 1.90 bits per heavy atom. The van der Waals surface area contributed by atoms with Crippen LogP contribution in [0.2, 0.25) is 0 Å². The molecule has 0 amide bonds. The number of unbranched alkanes of at least 4 members (excludes halogenated alkanes) is 1. The van der Waals surface area contributed by atoms with Crippen molar-refractivity contribution in [3.63, 3.8) is 0 Å². The molecule has 0 fully saturated rings. The van der Waals surface area contributed by atoms with Gasteiger partial charge >= 0.3 is 0 Å². The summed E-state index contributed by atoms with van der Waals surface area (Å²) < 4.78 is 13.1. The third-order valence-electron chi connectivity index (χ3n) is 3.59. The van der Waals surface area contributed by atoms with Crippen molar-refractivity contribution in [1.82, 2.24) is 10.3 Å². The molecule has 0 saturated carbocycles. The molecule has 3 heteroatoms. The zero-order valence-corrected chi connectivity index (χ0v) is 12.8. The smallest absolute Gasteiger partial charge is 0.123 e. The van der Waals surface area contributed by atoms with Crippen LogP contribution >= 0.6 is 0 Å². The van der Waals surface area contributed by atoms with Crippen molar-refractivity contribution in [1.29, 1.82) is 0 Å². The Bertz CT molecular complexity index is 551. The van der Waals surface area contributed by atoms with Crippen molar-refractivity contribution < 1.29 is 4.39 Å². The molecule has 2 aromatic rings. The van der Waals surface area contributed by atoms with E-state index >= 15 is 0 Å². The second-order valence-electron chi connectivity index (χ2n) is 5.40. The van der Waals surface area contributed by atoms with Crippen LogP contribution in [0, 0.1) is 12.7 Å². The number of nitrogens with one attached hydrogen (secondary N) is 1. The first-order valence-electron chi connectivity index (χ1n) is 7.60. The van der Waals surface area contributed by atoms with Crippen molar-refractivity contribution in [2.45, 2.75) is 45.7 Å². The number of aromatic nitrogens is 1. The van der Waals surface area contributed by atoms with E-state index < -0.39 is 0 Å². The minimum Gasteiger partial charge on any atom is -0.304 e. The highest BCUT2D eigenvalue weighted by atomic mass is 19.1. The van der Waals surface area contributed by atoms with Gasteiger partial charge in [0.15, 0.2) is 0 Å². The van der Waals surface area contributed by atoms with Crippen molar-refractivity contribution in [3.8, 4) is 0 Å². The third kappa shape index (κ3) is 4.94. The SMILES string of the molecule is CCCCC(NCc1cccc(C)n1)c1ccc(F)cc1. The Morgan fingerprint density at radius 3 is 2.57 bits per heavy atom. The lowest BCUT2D eigenvalue weighted by molar-refractivity contribution is 0.476. The highest BCUT2D eigenvalue weighted by Crippen LogP contribution is 2.20. The fourth-order valence-corrected chi connectivity index (χ4v) is 2.42. The van der Waals surface area contributed by atoms with Gasteiger partial charge in [-0.25, -0.2) is 4.39 Å². The number of rotatable bonds is 7. The molecule has 0 radical (unpaired) electrons. The quantitative estimate of drug-likeness (QED) is 0.807. The molecule has 0 saturated heterocycles. The summed E-state index contributed by atoms with van der Waals surface area (Å²) in [7, 11) is 0. The second kappa shape index (κ2) is 7.89. The van der Waals surface area contributed by atoms with Gasteiger partial charge in [0.2, 0.25) is 0 Å². The van der Waals surface area contributed by atoms with Crippen LogP contribution < -0.4 is 5.32 Å². The van der Waals surface area contributed by atoms with E-state index in [2.05, 4.69) is 17.2 Å². The monoisotopic (exact) mass is 286 g/mol. The molecule has 2 nitrogen and oxygen atoms in total. The van der Waals surface area contributed by atoms with Crippen LogP contribution in [-0.4, -0.2) is 4.98 Å². The van der Waals surface area contributed by atoms with Gasteiger partial charge in [-0.1, -0.05) is 38.0 Å². The fourth-order valence-electron chi connectivity index (χ4n) is 2.42. The first kappa shape index (κ1) is 15.6. The average Bonchev–Trinajstić information content (AvgIpc) is 2.49.